The summed E-state index contributed by atoms with van der Waals surface area (Å²) < 4.78 is 0. The van der Waals surface area contributed by atoms with Crippen molar-refractivity contribution in [3.63, 3.8) is 0 Å². The van der Waals surface area contributed by atoms with Crippen LogP contribution in [0.5, 0.6) is 0 Å². The summed E-state index contributed by atoms with van der Waals surface area (Å²) in [4.78, 5) is 0. The Hall–Kier alpha value is 1.77. The summed E-state index contributed by atoms with van der Waals surface area (Å²) in [6, 6.07) is 0. The van der Waals surface area contributed by atoms with Crippen LogP contribution >= 0.6 is 0 Å². The molecule has 0 radical (unpaired) electrons. The normalized spacial score (nSPS) is 9.38. The second kappa shape index (κ2) is 22.0. The molecule has 0 fully saturated rings. The molecule has 0 rings (SSSR count). The topological polar surface area (TPSA) is 0 Å². The van der Waals surface area contributed by atoms with Gasteiger partial charge in [-0.1, -0.05) is 90.9 Å². The van der Waals surface area contributed by atoms with Crippen LogP contribution in [0.4, 0.5) is 0 Å². The molecule has 0 aromatic heterocycles. The van der Waals surface area contributed by atoms with Crippen LogP contribution in [0.25, 0.3) is 0 Å². The van der Waals surface area contributed by atoms with E-state index in [9.17, 15) is 0 Å². The molecule has 0 saturated carbocycles. The van der Waals surface area contributed by atoms with Crippen molar-refractivity contribution in [2.45, 2.75) is 90.9 Å². The van der Waals surface area contributed by atoms with Crippen molar-refractivity contribution in [2.24, 2.45) is 0 Å². The maximum absolute atomic E-state index is 2.29. The first kappa shape index (κ1) is 22.9. The molecular weight excluding hydrogens is 215 g/mol. The van der Waals surface area contributed by atoms with Gasteiger partial charge >= 0.3 is 52.6 Å². The first-order valence-electron chi connectivity index (χ1n) is 6.91. The summed E-state index contributed by atoms with van der Waals surface area (Å²) >= 11 is 0. The Kier molecular flexibility index (Phi) is 31.5. The predicted molar refractivity (Wildman–Crippen MR) is 75.8 cm³/mol. The third-order valence-electron chi connectivity index (χ3n) is 2.96. The first-order valence-corrected chi connectivity index (χ1v) is 6.91. The molecule has 0 amide bonds. The molecule has 0 aliphatic heterocycles. The molecule has 0 atom stereocenters. The molecule has 0 heterocycles. The third-order valence-corrected chi connectivity index (χ3v) is 2.96. The second-order valence-electron chi connectivity index (χ2n) is 4.54. The van der Waals surface area contributed by atoms with Gasteiger partial charge < -0.3 is 4.28 Å². The average molecular weight is 249 g/mol. The van der Waals surface area contributed by atoms with Crippen molar-refractivity contribution in [1.82, 2.24) is 0 Å². The van der Waals surface area contributed by atoms with E-state index in [2.05, 4.69) is 13.8 Å². The second-order valence-corrected chi connectivity index (χ2v) is 4.54. The van der Waals surface area contributed by atoms with Crippen LogP contribution in [-0.4, -0.2) is 23.1 Å². The van der Waals surface area contributed by atoms with Crippen molar-refractivity contribution in [3.05, 3.63) is 0 Å². The van der Waals surface area contributed by atoms with Crippen LogP contribution in [0.1, 0.15) is 95.2 Å². The van der Waals surface area contributed by atoms with Crippen molar-refractivity contribution < 1.29 is 33.8 Å². The molecule has 16 heavy (non-hydrogen) atoms. The number of hydrogen-bond acceptors (Lipinski definition) is 0. The zero-order chi connectivity index (χ0) is 10.5. The van der Waals surface area contributed by atoms with Crippen LogP contribution < -0.4 is 29.6 Å². The molecule has 0 unspecified atom stereocenters. The van der Waals surface area contributed by atoms with E-state index in [0.29, 0.717) is 0 Å². The van der Waals surface area contributed by atoms with E-state index in [-0.39, 0.29) is 56.9 Å². The average Bonchev–Trinajstić information content (AvgIpc) is 2.21. The smallest absolute Gasteiger partial charge is 1.00 e. The summed E-state index contributed by atoms with van der Waals surface area (Å²) in [6.07, 6.45) is 17.4. The summed E-state index contributed by atoms with van der Waals surface area (Å²) in [6.45, 7) is 4.57. The van der Waals surface area contributed by atoms with Crippen molar-refractivity contribution in [2.75, 3.05) is 0 Å². The summed E-state index contributed by atoms with van der Waals surface area (Å²) in [7, 11) is 0. The zero-order valence-corrected chi connectivity index (χ0v) is 15.6. The van der Waals surface area contributed by atoms with Gasteiger partial charge in [0.15, 0.2) is 0 Å². The molecule has 0 spiro atoms. The van der Waals surface area contributed by atoms with Crippen molar-refractivity contribution in [3.8, 4) is 0 Å². The molecule has 0 aliphatic rings. The number of hydrogen-bond donors (Lipinski definition) is 0. The van der Waals surface area contributed by atoms with Gasteiger partial charge in [-0.05, 0) is 0 Å². The Labute approximate surface area is 147 Å². The van der Waals surface area contributed by atoms with Gasteiger partial charge in [-0.2, -0.15) is 0 Å². The van der Waals surface area contributed by atoms with Crippen LogP contribution in [-0.2, 0) is 0 Å². The largest absolute Gasteiger partial charge is 2.00 e. The summed E-state index contributed by atoms with van der Waals surface area (Å²) in [5, 5.41) is 0. The Morgan fingerprint density at radius 2 is 0.688 bits per heavy atom. The quantitative estimate of drug-likeness (QED) is 0.390. The van der Waals surface area contributed by atoms with E-state index in [0.717, 1.165) is 0 Å². The molecule has 0 bridgehead atoms. The molecule has 92 valence electrons. The minimum Gasteiger partial charge on any atom is -1.00 e. The van der Waals surface area contributed by atoms with Gasteiger partial charge in [-0.3, -0.25) is 0 Å². The number of unbranched alkanes of at least 4 members (excludes halogenated alkanes) is 11. The Bertz CT molecular complexity index is 96.7. The first-order chi connectivity index (χ1) is 6.91. The van der Waals surface area contributed by atoms with E-state index in [1.807, 2.05) is 0 Å². The monoisotopic (exact) mass is 248 g/mol. The summed E-state index contributed by atoms with van der Waals surface area (Å²) in [5.74, 6) is 0. The van der Waals surface area contributed by atoms with Crippen LogP contribution in [0, 0.1) is 0 Å². The zero-order valence-electron chi connectivity index (χ0n) is 15.2. The molecule has 0 aromatic carbocycles. The molecule has 0 saturated heterocycles. The fraction of sp³-hybridized carbons (Fsp3) is 1.00. The summed E-state index contributed by atoms with van der Waals surface area (Å²) in [5.41, 5.74) is 0. The van der Waals surface area contributed by atoms with E-state index < -0.39 is 0 Å². The Morgan fingerprint density at radius 3 is 0.875 bits per heavy atom. The Morgan fingerprint density at radius 1 is 0.500 bits per heavy atom. The minimum absolute atomic E-state index is 0. The molecule has 0 aromatic rings. The van der Waals surface area contributed by atoms with Gasteiger partial charge in [0, 0.05) is 0 Å². The molecular formula is C14H33MgNa. The van der Waals surface area contributed by atoms with E-state index in [1.165, 1.54) is 77.0 Å². The van der Waals surface area contributed by atoms with E-state index >= 15 is 0 Å². The Balaban J connectivity index is -0.0000000845. The predicted octanol–water partition coefficient (Wildman–Crippen LogP) is 2.67. The van der Waals surface area contributed by atoms with Gasteiger partial charge in [0.05, 0.1) is 0 Å². The third kappa shape index (κ3) is 21.1. The van der Waals surface area contributed by atoms with Crippen LogP contribution in [0.15, 0.2) is 0 Å². The van der Waals surface area contributed by atoms with Gasteiger partial charge in [0.1, 0.15) is 0 Å². The van der Waals surface area contributed by atoms with Crippen LogP contribution in [0.3, 0.4) is 0 Å². The fourth-order valence-corrected chi connectivity index (χ4v) is 1.91. The maximum Gasteiger partial charge on any atom is 2.00 e. The molecule has 0 aliphatic carbocycles. The SMILES string of the molecule is CCCCCCCCCCCCCC.[H-].[H-].[H-].[Mg+2].[Na+]. The number of rotatable bonds is 11. The van der Waals surface area contributed by atoms with Crippen molar-refractivity contribution in [1.29, 1.82) is 0 Å². The fourth-order valence-electron chi connectivity index (χ4n) is 1.91. The minimum atomic E-state index is 0. The molecule has 2 heteroatoms. The van der Waals surface area contributed by atoms with Gasteiger partial charge in [-0.25, -0.2) is 0 Å². The maximum atomic E-state index is 2.29. The van der Waals surface area contributed by atoms with Crippen LogP contribution in [0.2, 0.25) is 0 Å². The molecule has 0 nitrogen and oxygen atoms in total. The van der Waals surface area contributed by atoms with E-state index in [1.54, 1.807) is 0 Å². The van der Waals surface area contributed by atoms with E-state index in [4.69, 9.17) is 0 Å². The van der Waals surface area contributed by atoms with Crippen molar-refractivity contribution >= 4 is 23.1 Å². The standard InChI is InChI=1S/C14H30.Mg.Na.3H/c1-3-5-7-9-11-13-14-12-10-8-6-4-2;;;;;/h3-14H2,1-2H3;;;;;/q;+2;+1;3*-1. The molecule has 0 N–H and O–H groups in total. The van der Waals surface area contributed by atoms with Gasteiger partial charge in [0.25, 0.3) is 0 Å². The van der Waals surface area contributed by atoms with Gasteiger partial charge in [0.2, 0.25) is 0 Å². The van der Waals surface area contributed by atoms with Gasteiger partial charge in [-0.15, -0.1) is 0 Å².